The molecular formula is C20H20ClN3O. The van der Waals surface area contributed by atoms with Gasteiger partial charge in [-0.25, -0.2) is 0 Å². The van der Waals surface area contributed by atoms with Crippen LogP contribution in [0.1, 0.15) is 29.9 Å². The van der Waals surface area contributed by atoms with Crippen LogP contribution in [0.5, 0.6) is 0 Å². The number of aromatic nitrogens is 1. The molecule has 0 saturated carbocycles. The molecule has 2 heterocycles. The zero-order valence-corrected chi connectivity index (χ0v) is 14.7. The smallest absolute Gasteiger partial charge is 0.230 e. The lowest BCUT2D eigenvalue weighted by atomic mass is 9.89. The van der Waals surface area contributed by atoms with Crippen molar-refractivity contribution in [1.82, 2.24) is 9.88 Å². The van der Waals surface area contributed by atoms with Gasteiger partial charge in [0.25, 0.3) is 0 Å². The molecule has 0 aliphatic carbocycles. The summed E-state index contributed by atoms with van der Waals surface area (Å²) in [5, 5.41) is 9.71. The third-order valence-corrected chi connectivity index (χ3v) is 4.97. The molecule has 1 aromatic heterocycles. The van der Waals surface area contributed by atoms with E-state index in [0.717, 1.165) is 24.0 Å². The fourth-order valence-electron chi connectivity index (χ4n) is 3.25. The first kappa shape index (κ1) is 17.4. The molecule has 128 valence electrons. The predicted molar refractivity (Wildman–Crippen MR) is 97.1 cm³/mol. The number of nitriles is 1. The van der Waals surface area contributed by atoms with Crippen LogP contribution in [0, 0.1) is 17.2 Å². The van der Waals surface area contributed by atoms with Crippen LogP contribution in [-0.4, -0.2) is 28.9 Å². The monoisotopic (exact) mass is 353 g/mol. The number of likely N-dealkylation sites (tertiary alicyclic amines) is 1. The van der Waals surface area contributed by atoms with Gasteiger partial charge in [0.05, 0.1) is 12.0 Å². The number of hydrogen-bond acceptors (Lipinski definition) is 3. The van der Waals surface area contributed by atoms with Gasteiger partial charge in [0.2, 0.25) is 5.91 Å². The van der Waals surface area contributed by atoms with E-state index in [1.165, 1.54) is 0 Å². The number of carbonyl (C=O) groups is 1. The summed E-state index contributed by atoms with van der Waals surface area (Å²) >= 11 is 6.00. The standard InChI is InChI=1S/C20H20ClN3O/c21-18-5-3-17(4-6-18)19(12-16-2-1-9-23-14-16)20(25)24-10-7-15(13-22)8-11-24/h1-6,9,14-15,19H,7-8,10-12H2. The molecule has 1 aliphatic rings. The van der Waals surface area contributed by atoms with E-state index in [1.54, 1.807) is 12.4 Å². The summed E-state index contributed by atoms with van der Waals surface area (Å²) in [5.74, 6) is -0.0842. The maximum atomic E-state index is 13.2. The maximum Gasteiger partial charge on any atom is 0.230 e. The van der Waals surface area contributed by atoms with Gasteiger partial charge in [0.15, 0.2) is 0 Å². The Bertz CT molecular complexity index is 747. The minimum atomic E-state index is -0.264. The number of benzene rings is 1. The number of pyridine rings is 1. The average Bonchev–Trinajstić information content (AvgIpc) is 2.67. The van der Waals surface area contributed by atoms with Crippen molar-refractivity contribution in [3.05, 3.63) is 64.9 Å². The Labute approximate surface area is 153 Å². The van der Waals surface area contributed by atoms with Crippen molar-refractivity contribution in [2.24, 2.45) is 5.92 Å². The highest BCUT2D eigenvalue weighted by atomic mass is 35.5. The van der Waals surface area contributed by atoms with E-state index in [2.05, 4.69) is 11.1 Å². The Morgan fingerprint density at radius 3 is 2.60 bits per heavy atom. The molecule has 0 radical (unpaired) electrons. The lowest BCUT2D eigenvalue weighted by Crippen LogP contribution is -2.41. The molecular weight excluding hydrogens is 334 g/mol. The molecule has 0 N–H and O–H groups in total. The lowest BCUT2D eigenvalue weighted by Gasteiger charge is -2.32. The van der Waals surface area contributed by atoms with Gasteiger partial charge in [-0.15, -0.1) is 0 Å². The summed E-state index contributed by atoms with van der Waals surface area (Å²) in [4.78, 5) is 19.2. The third-order valence-electron chi connectivity index (χ3n) is 4.72. The Hall–Kier alpha value is -2.38. The second-order valence-corrected chi connectivity index (χ2v) is 6.83. The maximum absolute atomic E-state index is 13.2. The highest BCUT2D eigenvalue weighted by Gasteiger charge is 2.29. The first-order valence-electron chi connectivity index (χ1n) is 8.50. The normalized spacial score (nSPS) is 16.2. The number of carbonyl (C=O) groups excluding carboxylic acids is 1. The molecule has 1 atom stereocenters. The fourth-order valence-corrected chi connectivity index (χ4v) is 3.37. The molecule has 1 amide bonds. The lowest BCUT2D eigenvalue weighted by molar-refractivity contribution is -0.134. The number of nitrogens with zero attached hydrogens (tertiary/aromatic N) is 3. The minimum absolute atomic E-state index is 0.0661. The average molecular weight is 354 g/mol. The largest absolute Gasteiger partial charge is 0.342 e. The summed E-state index contributed by atoms with van der Waals surface area (Å²) in [6.07, 6.45) is 5.64. The van der Waals surface area contributed by atoms with Gasteiger partial charge >= 0.3 is 0 Å². The number of rotatable bonds is 4. The van der Waals surface area contributed by atoms with Crippen LogP contribution in [0.15, 0.2) is 48.8 Å². The second kappa shape index (κ2) is 8.13. The van der Waals surface area contributed by atoms with E-state index in [0.29, 0.717) is 24.5 Å². The van der Waals surface area contributed by atoms with Crippen molar-refractivity contribution in [2.45, 2.75) is 25.2 Å². The molecule has 1 fully saturated rings. The Balaban J connectivity index is 1.82. The molecule has 1 aromatic carbocycles. The van der Waals surface area contributed by atoms with Crippen LogP contribution in [-0.2, 0) is 11.2 Å². The SMILES string of the molecule is N#CC1CCN(C(=O)C(Cc2cccnc2)c2ccc(Cl)cc2)CC1. The quantitative estimate of drug-likeness (QED) is 0.839. The molecule has 3 rings (SSSR count). The van der Waals surface area contributed by atoms with Gasteiger partial charge in [-0.1, -0.05) is 29.8 Å². The summed E-state index contributed by atoms with van der Waals surface area (Å²) < 4.78 is 0. The van der Waals surface area contributed by atoms with E-state index in [1.807, 2.05) is 41.3 Å². The molecule has 0 spiro atoms. The van der Waals surface area contributed by atoms with E-state index >= 15 is 0 Å². The Morgan fingerprint density at radius 1 is 1.28 bits per heavy atom. The van der Waals surface area contributed by atoms with Crippen LogP contribution in [0.2, 0.25) is 5.02 Å². The van der Waals surface area contributed by atoms with Gasteiger partial charge in [0, 0.05) is 36.4 Å². The van der Waals surface area contributed by atoms with Crippen LogP contribution < -0.4 is 0 Å². The molecule has 25 heavy (non-hydrogen) atoms. The summed E-state index contributed by atoms with van der Waals surface area (Å²) in [7, 11) is 0. The summed E-state index contributed by atoms with van der Waals surface area (Å²) in [6.45, 7) is 1.29. The van der Waals surface area contributed by atoms with Gasteiger partial charge < -0.3 is 4.90 Å². The summed E-state index contributed by atoms with van der Waals surface area (Å²) in [6, 6.07) is 13.7. The first-order chi connectivity index (χ1) is 12.2. The van der Waals surface area contributed by atoms with Crippen LogP contribution in [0.3, 0.4) is 0 Å². The minimum Gasteiger partial charge on any atom is -0.342 e. The van der Waals surface area contributed by atoms with Crippen LogP contribution in [0.25, 0.3) is 0 Å². The van der Waals surface area contributed by atoms with Crippen molar-refractivity contribution in [2.75, 3.05) is 13.1 Å². The zero-order chi connectivity index (χ0) is 17.6. The Morgan fingerprint density at radius 2 is 2.00 bits per heavy atom. The Kier molecular flexibility index (Phi) is 5.67. The second-order valence-electron chi connectivity index (χ2n) is 6.40. The van der Waals surface area contributed by atoms with Crippen LogP contribution in [0.4, 0.5) is 0 Å². The molecule has 1 saturated heterocycles. The highest BCUT2D eigenvalue weighted by Crippen LogP contribution is 2.27. The third kappa shape index (κ3) is 4.37. The summed E-state index contributed by atoms with van der Waals surface area (Å²) in [5.41, 5.74) is 1.99. The number of halogens is 1. The van der Waals surface area contributed by atoms with Gasteiger partial charge in [-0.2, -0.15) is 5.26 Å². The van der Waals surface area contributed by atoms with Gasteiger partial charge in [-0.3, -0.25) is 9.78 Å². The molecule has 1 unspecified atom stereocenters. The van der Waals surface area contributed by atoms with Crippen molar-refractivity contribution in [3.8, 4) is 6.07 Å². The van der Waals surface area contributed by atoms with Crippen LogP contribution >= 0.6 is 11.6 Å². The number of hydrogen-bond donors (Lipinski definition) is 0. The van der Waals surface area contributed by atoms with Gasteiger partial charge in [-0.05, 0) is 48.6 Å². The number of amides is 1. The molecule has 2 aromatic rings. The first-order valence-corrected chi connectivity index (χ1v) is 8.88. The molecule has 1 aliphatic heterocycles. The van der Waals surface area contributed by atoms with Crippen molar-refractivity contribution >= 4 is 17.5 Å². The van der Waals surface area contributed by atoms with Crippen molar-refractivity contribution < 1.29 is 4.79 Å². The van der Waals surface area contributed by atoms with E-state index in [4.69, 9.17) is 16.9 Å². The zero-order valence-electron chi connectivity index (χ0n) is 13.9. The van der Waals surface area contributed by atoms with Crippen molar-refractivity contribution in [3.63, 3.8) is 0 Å². The van der Waals surface area contributed by atoms with Gasteiger partial charge in [0.1, 0.15) is 0 Å². The van der Waals surface area contributed by atoms with E-state index in [-0.39, 0.29) is 17.7 Å². The predicted octanol–water partition coefficient (Wildman–Crippen LogP) is 3.82. The number of piperidine rings is 1. The van der Waals surface area contributed by atoms with Crippen molar-refractivity contribution in [1.29, 1.82) is 5.26 Å². The fraction of sp³-hybridized carbons (Fsp3) is 0.350. The highest BCUT2D eigenvalue weighted by molar-refractivity contribution is 6.30. The topological polar surface area (TPSA) is 57.0 Å². The molecule has 0 bridgehead atoms. The van der Waals surface area contributed by atoms with E-state index < -0.39 is 0 Å². The molecule has 5 heteroatoms. The van der Waals surface area contributed by atoms with E-state index in [9.17, 15) is 4.79 Å². The molecule has 4 nitrogen and oxygen atoms in total.